The van der Waals surface area contributed by atoms with Gasteiger partial charge >= 0.3 is 35.0 Å². The Hall–Kier alpha value is -6.54. The van der Waals surface area contributed by atoms with E-state index in [-0.39, 0.29) is 38.9 Å². The molecule has 0 unspecified atom stereocenters. The van der Waals surface area contributed by atoms with E-state index in [1.54, 1.807) is 0 Å². The molecule has 3 aliphatic heterocycles. The van der Waals surface area contributed by atoms with Crippen molar-refractivity contribution in [1.29, 1.82) is 0 Å². The van der Waals surface area contributed by atoms with E-state index in [4.69, 9.17) is 14.2 Å². The Labute approximate surface area is 342 Å². The zero-order chi connectivity index (χ0) is 43.6. The normalized spacial score (nSPS) is 14.7. The van der Waals surface area contributed by atoms with Gasteiger partial charge in [0.25, 0.3) is 35.4 Å². The summed E-state index contributed by atoms with van der Waals surface area (Å²) in [5.74, 6) is -4.27. The van der Waals surface area contributed by atoms with Crippen LogP contribution in [0.1, 0.15) is 77.0 Å². The highest BCUT2D eigenvalue weighted by molar-refractivity contribution is 6.14. The van der Waals surface area contributed by atoms with Crippen LogP contribution < -0.4 is 17.1 Å². The monoisotopic (exact) mass is 840 g/mol. The van der Waals surface area contributed by atoms with Crippen LogP contribution in [0.15, 0.2) is 50.8 Å². The third-order valence-electron chi connectivity index (χ3n) is 9.61. The number of amides is 6. The van der Waals surface area contributed by atoms with E-state index in [0.29, 0.717) is 71.5 Å². The lowest BCUT2D eigenvalue weighted by molar-refractivity contribution is -0.144. The van der Waals surface area contributed by atoms with Crippen LogP contribution in [0, 0.1) is 0 Å². The van der Waals surface area contributed by atoms with Crippen LogP contribution in [0.25, 0.3) is 0 Å². The molecule has 4 heterocycles. The fourth-order valence-electron chi connectivity index (χ4n) is 6.33. The lowest BCUT2D eigenvalue weighted by Gasteiger charge is -2.15. The van der Waals surface area contributed by atoms with Gasteiger partial charge in [-0.05, 0) is 38.5 Å². The van der Waals surface area contributed by atoms with Crippen molar-refractivity contribution >= 4 is 53.4 Å². The average Bonchev–Trinajstić information content (AvgIpc) is 3.84. The fraction of sp³-hybridized carbons (Fsp3) is 0.538. The predicted molar refractivity (Wildman–Crippen MR) is 205 cm³/mol. The van der Waals surface area contributed by atoms with Crippen molar-refractivity contribution < 1.29 is 57.4 Å². The number of imide groups is 3. The maximum Gasteiger partial charge on any atom is 0.336 e. The van der Waals surface area contributed by atoms with E-state index in [1.165, 1.54) is 36.5 Å². The minimum absolute atomic E-state index is 0.0138. The van der Waals surface area contributed by atoms with Gasteiger partial charge in [-0.2, -0.15) is 0 Å². The average molecular weight is 841 g/mol. The summed E-state index contributed by atoms with van der Waals surface area (Å²) in [5, 5.41) is 0. The number of carbonyl (C=O) groups excluding carboxylic acids is 9. The summed E-state index contributed by atoms with van der Waals surface area (Å²) in [6.07, 6.45) is 11.2. The SMILES string of the molecule is O=C(CCCCCN1C(=O)C=CC1=O)OCCn1c(=O)n(CCOC(=O)CCCCCN2C(=O)C=CC2=O)c(=O)n(CCOC(=O)CCCCCN2C(=O)C=CC2=O)c1=O. The highest BCUT2D eigenvalue weighted by atomic mass is 16.5. The molecule has 3 aliphatic rings. The summed E-state index contributed by atoms with van der Waals surface area (Å²) in [6.45, 7) is -1.93. The Morgan fingerprint density at radius 3 is 0.800 bits per heavy atom. The van der Waals surface area contributed by atoms with Crippen molar-refractivity contribution in [3.05, 3.63) is 67.9 Å². The second-order valence-corrected chi connectivity index (χ2v) is 13.9. The van der Waals surface area contributed by atoms with Gasteiger partial charge in [0.2, 0.25) is 0 Å². The molecule has 324 valence electrons. The number of nitrogens with zero attached hydrogens (tertiary/aromatic N) is 6. The van der Waals surface area contributed by atoms with Crippen molar-refractivity contribution in [3.63, 3.8) is 0 Å². The summed E-state index contributed by atoms with van der Waals surface area (Å²) < 4.78 is 17.7. The fourth-order valence-corrected chi connectivity index (χ4v) is 6.33. The van der Waals surface area contributed by atoms with Crippen LogP contribution in [0.5, 0.6) is 0 Å². The largest absolute Gasteiger partial charge is 0.464 e. The Balaban J connectivity index is 1.27. The number of rotatable bonds is 27. The van der Waals surface area contributed by atoms with Gasteiger partial charge in [-0.3, -0.25) is 57.9 Å². The predicted octanol–water partition coefficient (Wildman–Crippen LogP) is -0.742. The molecule has 0 saturated heterocycles. The first-order chi connectivity index (χ1) is 28.8. The number of unbranched alkanes of at least 4 members (excludes halogenated alkanes) is 6. The maximum atomic E-state index is 13.4. The molecule has 0 N–H and O–H groups in total. The minimum Gasteiger partial charge on any atom is -0.464 e. The number of hydrogen-bond donors (Lipinski definition) is 0. The Morgan fingerprint density at radius 1 is 0.333 bits per heavy atom. The van der Waals surface area contributed by atoms with Crippen molar-refractivity contribution in [3.8, 4) is 0 Å². The molecule has 0 aliphatic carbocycles. The first-order valence-corrected chi connectivity index (χ1v) is 19.8. The standard InChI is InChI=1S/C39H48N6O15/c46-28-13-14-29(47)40(28)19-7-1-4-10-34(52)58-25-22-43-37(55)44(23-26-59-35(53)11-5-2-8-20-41-30(48)15-16-31(41)49)39(57)45(38(43)56)24-27-60-36(54)12-6-3-9-21-42-32(50)17-18-33(42)51/h13-18H,1-12,19-27H2. The summed E-state index contributed by atoms with van der Waals surface area (Å²) in [6, 6.07) is 0. The smallest absolute Gasteiger partial charge is 0.336 e. The van der Waals surface area contributed by atoms with Crippen LogP contribution in [0.2, 0.25) is 0 Å². The van der Waals surface area contributed by atoms with Gasteiger partial charge in [-0.1, -0.05) is 19.3 Å². The molecule has 0 spiro atoms. The third kappa shape index (κ3) is 13.5. The van der Waals surface area contributed by atoms with Crippen LogP contribution >= 0.6 is 0 Å². The second-order valence-electron chi connectivity index (χ2n) is 13.9. The molecule has 0 fully saturated rings. The molecule has 1 aromatic rings. The van der Waals surface area contributed by atoms with Gasteiger partial charge in [0.05, 0.1) is 19.6 Å². The van der Waals surface area contributed by atoms with E-state index in [9.17, 15) is 57.5 Å². The second kappa shape index (κ2) is 23.2. The van der Waals surface area contributed by atoms with Crippen LogP contribution in [0.3, 0.4) is 0 Å². The van der Waals surface area contributed by atoms with E-state index in [0.717, 1.165) is 14.7 Å². The number of hydrogen-bond acceptors (Lipinski definition) is 15. The van der Waals surface area contributed by atoms with Crippen molar-refractivity contribution in [2.24, 2.45) is 0 Å². The zero-order valence-corrected chi connectivity index (χ0v) is 33.1. The molecule has 4 rings (SSSR count). The lowest BCUT2D eigenvalue weighted by atomic mass is 10.2. The van der Waals surface area contributed by atoms with Crippen molar-refractivity contribution in [1.82, 2.24) is 28.4 Å². The molecule has 0 saturated carbocycles. The van der Waals surface area contributed by atoms with Crippen molar-refractivity contribution in [2.75, 3.05) is 39.5 Å². The quantitative estimate of drug-likeness (QED) is 0.0457. The highest BCUT2D eigenvalue weighted by Gasteiger charge is 2.24. The lowest BCUT2D eigenvalue weighted by Crippen LogP contribution is -2.55. The van der Waals surface area contributed by atoms with Gasteiger partial charge in [0.15, 0.2) is 0 Å². The molecular formula is C39H48N6O15. The molecule has 0 atom stereocenters. The van der Waals surface area contributed by atoms with E-state index < -0.39 is 110 Å². The Kier molecular flexibility index (Phi) is 17.8. The van der Waals surface area contributed by atoms with E-state index in [1.807, 2.05) is 0 Å². The van der Waals surface area contributed by atoms with E-state index >= 15 is 0 Å². The molecule has 0 radical (unpaired) electrons. The molecule has 21 heteroatoms. The maximum absolute atomic E-state index is 13.4. The van der Waals surface area contributed by atoms with Gasteiger partial charge in [-0.15, -0.1) is 0 Å². The summed E-state index contributed by atoms with van der Waals surface area (Å²) >= 11 is 0. The number of ether oxygens (including phenoxy) is 3. The van der Waals surface area contributed by atoms with Crippen LogP contribution in [-0.4, -0.2) is 121 Å². The molecule has 1 aromatic heterocycles. The first kappa shape index (κ1) is 46.2. The van der Waals surface area contributed by atoms with E-state index in [2.05, 4.69) is 0 Å². The Bertz CT molecular complexity index is 1790. The van der Waals surface area contributed by atoms with Gasteiger partial charge < -0.3 is 14.2 Å². The topological polar surface area (TPSA) is 257 Å². The zero-order valence-electron chi connectivity index (χ0n) is 33.1. The van der Waals surface area contributed by atoms with Crippen LogP contribution in [-0.2, 0) is 77.0 Å². The molecule has 21 nitrogen and oxygen atoms in total. The number of aromatic nitrogens is 3. The molecule has 0 aromatic carbocycles. The molecule has 60 heavy (non-hydrogen) atoms. The highest BCUT2D eigenvalue weighted by Crippen LogP contribution is 2.11. The van der Waals surface area contributed by atoms with Gasteiger partial charge in [0, 0.05) is 75.4 Å². The van der Waals surface area contributed by atoms with Gasteiger partial charge in [-0.25, -0.2) is 28.1 Å². The summed E-state index contributed by atoms with van der Waals surface area (Å²) in [5.41, 5.74) is -3.17. The van der Waals surface area contributed by atoms with Crippen LogP contribution in [0.4, 0.5) is 0 Å². The number of carbonyl (C=O) groups is 9. The Morgan fingerprint density at radius 2 is 0.567 bits per heavy atom. The molecule has 6 amide bonds. The molecular weight excluding hydrogens is 792 g/mol. The molecule has 0 bridgehead atoms. The minimum atomic E-state index is -1.06. The summed E-state index contributed by atoms with van der Waals surface area (Å²) in [4.78, 5) is 151. The van der Waals surface area contributed by atoms with Crippen molar-refractivity contribution in [2.45, 2.75) is 96.7 Å². The third-order valence-corrected chi connectivity index (χ3v) is 9.61. The first-order valence-electron chi connectivity index (χ1n) is 19.8. The van der Waals surface area contributed by atoms with Gasteiger partial charge in [0.1, 0.15) is 19.8 Å². The summed E-state index contributed by atoms with van der Waals surface area (Å²) in [7, 11) is 0. The number of esters is 3.